The van der Waals surface area contributed by atoms with E-state index in [1.807, 2.05) is 131 Å². The minimum absolute atomic E-state index is 0.00688. The summed E-state index contributed by atoms with van der Waals surface area (Å²) in [6, 6.07) is 21.7. The monoisotopic (exact) mass is 1600 g/mol. The molecule has 30 heteroatoms. The van der Waals surface area contributed by atoms with Gasteiger partial charge in [-0.25, -0.2) is 86.2 Å². The van der Waals surface area contributed by atoms with Crippen LogP contribution < -0.4 is 16.0 Å². The van der Waals surface area contributed by atoms with E-state index in [0.717, 1.165) is 114 Å². The van der Waals surface area contributed by atoms with E-state index in [1.165, 1.54) is 56.7 Å². The Labute approximate surface area is 675 Å². The quantitative estimate of drug-likeness (QED) is 0.0676. The number of pyridine rings is 3. The summed E-state index contributed by atoms with van der Waals surface area (Å²) in [5, 5.41) is 9.18. The number of nitrogens with zero attached hydrogens (tertiary/aromatic N) is 18. The first-order chi connectivity index (χ1) is 56.2. The van der Waals surface area contributed by atoms with Gasteiger partial charge in [-0.05, 0) is 232 Å². The molecule has 15 heterocycles. The second-order valence-electron chi connectivity index (χ2n) is 33.4. The van der Waals surface area contributed by atoms with Gasteiger partial charge in [0.25, 0.3) is 0 Å². The zero-order chi connectivity index (χ0) is 81.9. The summed E-state index contributed by atoms with van der Waals surface area (Å²) in [7, 11) is 0. The number of aromatic nitrogens is 15. The van der Waals surface area contributed by atoms with E-state index in [4.69, 9.17) is 14.2 Å². The number of halogens is 6. The third-order valence-electron chi connectivity index (χ3n) is 24.6. The van der Waals surface area contributed by atoms with E-state index < -0.39 is 34.9 Å². The summed E-state index contributed by atoms with van der Waals surface area (Å²) >= 11 is 0. The average molecular weight is 1600 g/mol. The van der Waals surface area contributed by atoms with Gasteiger partial charge in [0.05, 0.1) is 74.8 Å². The van der Waals surface area contributed by atoms with Crippen LogP contribution in [-0.4, -0.2) is 167 Å². The van der Waals surface area contributed by atoms with Gasteiger partial charge >= 0.3 is 0 Å². The van der Waals surface area contributed by atoms with Crippen LogP contribution in [0.1, 0.15) is 171 Å². The minimum Gasteiger partial charge on any atom is -0.380 e. The highest BCUT2D eigenvalue weighted by Gasteiger charge is 2.45. The molecule has 9 aromatic heterocycles. The maximum absolute atomic E-state index is 15.0. The van der Waals surface area contributed by atoms with Crippen LogP contribution in [0.2, 0.25) is 0 Å². The predicted molar refractivity (Wildman–Crippen MR) is 437 cm³/mol. The van der Waals surface area contributed by atoms with Crippen LogP contribution in [0, 0.1) is 71.9 Å². The lowest BCUT2D eigenvalue weighted by atomic mass is 9.76. The summed E-state index contributed by atoms with van der Waals surface area (Å²) in [6.07, 6.45) is 15.9. The van der Waals surface area contributed by atoms with Crippen molar-refractivity contribution in [2.24, 2.45) is 16.2 Å². The number of piperidine rings is 3. The number of hydrogen-bond acceptors (Lipinski definition) is 21. The topological polar surface area (TPSA) is 243 Å². The molecule has 3 spiro atoms. The van der Waals surface area contributed by atoms with Gasteiger partial charge in [-0.15, -0.1) is 0 Å². The van der Waals surface area contributed by atoms with Crippen LogP contribution in [0.4, 0.5) is 61.6 Å². The molecule has 6 aliphatic rings. The molecule has 3 aromatic carbocycles. The van der Waals surface area contributed by atoms with Crippen molar-refractivity contribution >= 4 is 68.4 Å². The summed E-state index contributed by atoms with van der Waals surface area (Å²) in [5.74, 6) is 0.785. The van der Waals surface area contributed by atoms with E-state index in [1.54, 1.807) is 18.2 Å². The van der Waals surface area contributed by atoms with Crippen molar-refractivity contribution in [2.45, 2.75) is 158 Å². The normalized spacial score (nSPS) is 18.0. The third-order valence-corrected chi connectivity index (χ3v) is 24.6. The molecule has 3 N–H and O–H groups in total. The number of hydrogen-bond donors (Lipinski definition) is 3. The SMILES string of the molecule is Cc1nc2c(F)cc(-c3nc(Nc4ccc(C(C)N5CCC6(CC5)COC6)cn4)ncc3F)cc2n1C(C)C.Cc1nc2c(F)cc(-c3nc(Nc4ccc([C@@H](C)N5CCC6(CC5)COC6)cn4)ncc3F)cc2n1C(C)C.Cc1nc2c(F)cc(-c3nc(Nc4ccc([C@H](C)N5CCC6(CC5)COC6)cn4)ncc3F)cc2n1C(C)C. The fourth-order valence-corrected chi connectivity index (χ4v) is 17.4. The number of fused-ring (bicyclic) bond motifs is 3. The largest absolute Gasteiger partial charge is 0.380 e. The number of aryl methyl sites for hydroxylation is 3. The molecule has 0 amide bonds. The fourth-order valence-electron chi connectivity index (χ4n) is 17.4. The second-order valence-corrected chi connectivity index (χ2v) is 33.4. The summed E-state index contributed by atoms with van der Waals surface area (Å²) in [4.78, 5) is 59.6. The van der Waals surface area contributed by atoms with Crippen molar-refractivity contribution in [3.8, 4) is 33.8 Å². The number of nitrogens with one attached hydrogen (secondary N) is 3. The summed E-state index contributed by atoms with van der Waals surface area (Å²) in [6.45, 7) is 35.8. The smallest absolute Gasteiger partial charge is 0.229 e. The third kappa shape index (κ3) is 16.4. The minimum atomic E-state index is -0.638. The number of benzene rings is 3. The Balaban J connectivity index is 0.000000131. The van der Waals surface area contributed by atoms with Crippen molar-refractivity contribution in [3.63, 3.8) is 0 Å². The molecule has 18 rings (SSSR count). The molecule has 6 fully saturated rings. The second kappa shape index (κ2) is 32.8. The van der Waals surface area contributed by atoms with Gasteiger partial charge in [0.2, 0.25) is 17.8 Å². The Kier molecular flexibility index (Phi) is 22.5. The van der Waals surface area contributed by atoms with Crippen LogP contribution in [-0.2, 0) is 14.2 Å². The highest BCUT2D eigenvalue weighted by atomic mass is 19.1. The first kappa shape index (κ1) is 80.3. The van der Waals surface area contributed by atoms with Crippen molar-refractivity contribution in [1.82, 2.24) is 88.2 Å². The van der Waals surface area contributed by atoms with E-state index in [-0.39, 0.29) is 87.7 Å². The number of rotatable bonds is 18. The van der Waals surface area contributed by atoms with E-state index in [2.05, 4.69) is 111 Å². The average Bonchev–Trinajstić information content (AvgIpc) is 1.45. The van der Waals surface area contributed by atoms with Crippen molar-refractivity contribution < 1.29 is 40.6 Å². The Morgan fingerprint density at radius 2 is 0.581 bits per heavy atom. The molecule has 12 aromatic rings. The first-order valence-electron chi connectivity index (χ1n) is 40.5. The molecule has 6 aliphatic heterocycles. The molecular weight excluding hydrogens is 1500 g/mol. The molecule has 24 nitrogen and oxygen atoms in total. The maximum Gasteiger partial charge on any atom is 0.229 e. The van der Waals surface area contributed by atoms with Gasteiger partial charge in [-0.1, -0.05) is 18.2 Å². The molecule has 0 bridgehead atoms. The lowest BCUT2D eigenvalue weighted by molar-refractivity contribution is -0.142. The molecule has 1 unspecified atom stereocenters. The van der Waals surface area contributed by atoms with Gasteiger partial charge in [-0.3, -0.25) is 14.7 Å². The fraction of sp³-hybridized carbons (Fsp3) is 0.448. The van der Waals surface area contributed by atoms with Gasteiger partial charge in [0.15, 0.2) is 34.9 Å². The lowest BCUT2D eigenvalue weighted by Gasteiger charge is -2.48. The summed E-state index contributed by atoms with van der Waals surface area (Å²) in [5.41, 5.74) is 8.15. The molecule has 0 radical (unpaired) electrons. The molecule has 0 saturated carbocycles. The molecule has 117 heavy (non-hydrogen) atoms. The highest BCUT2D eigenvalue weighted by molar-refractivity contribution is 5.85. The maximum atomic E-state index is 15.0. The van der Waals surface area contributed by atoms with Crippen LogP contribution in [0.3, 0.4) is 0 Å². The van der Waals surface area contributed by atoms with Crippen LogP contribution in [0.15, 0.2) is 110 Å². The van der Waals surface area contributed by atoms with Gasteiger partial charge in [-0.2, -0.15) is 0 Å². The van der Waals surface area contributed by atoms with Gasteiger partial charge < -0.3 is 43.9 Å². The lowest BCUT2D eigenvalue weighted by Crippen LogP contribution is -2.51. The zero-order valence-electron chi connectivity index (χ0n) is 68.1. The Hall–Kier alpha value is -10.5. The number of anilines is 6. The van der Waals surface area contributed by atoms with Gasteiger partial charge in [0, 0.05) is 87.8 Å². The highest BCUT2D eigenvalue weighted by Crippen LogP contribution is 2.45. The molecule has 6 saturated heterocycles. The number of likely N-dealkylation sites (tertiary alicyclic amines) is 3. The van der Waals surface area contributed by atoms with Crippen molar-refractivity contribution in [3.05, 3.63) is 179 Å². The van der Waals surface area contributed by atoms with E-state index >= 15 is 0 Å². The Morgan fingerprint density at radius 3 is 0.795 bits per heavy atom. The summed E-state index contributed by atoms with van der Waals surface area (Å²) < 4.78 is 112. The van der Waals surface area contributed by atoms with Crippen LogP contribution in [0.25, 0.3) is 66.9 Å². The molecule has 612 valence electrons. The van der Waals surface area contributed by atoms with E-state index in [9.17, 15) is 26.3 Å². The van der Waals surface area contributed by atoms with Crippen LogP contribution >= 0.6 is 0 Å². The van der Waals surface area contributed by atoms with Crippen LogP contribution in [0.5, 0.6) is 0 Å². The molecular formula is C87H99F6N21O3. The van der Waals surface area contributed by atoms with Crippen molar-refractivity contribution in [1.29, 1.82) is 0 Å². The first-order valence-corrected chi connectivity index (χ1v) is 40.5. The van der Waals surface area contributed by atoms with E-state index in [0.29, 0.717) is 84.4 Å². The Morgan fingerprint density at radius 1 is 0.325 bits per heavy atom. The Bertz CT molecular complexity index is 5060. The number of imidazole rings is 3. The zero-order valence-corrected chi connectivity index (χ0v) is 68.1. The standard InChI is InChI=1S/3C29H33F2N7O/c3*1-17(2)38-19(4)34-27-22(30)11-21(12-24(27)38)26-23(31)14-33-28(36-26)35-25-6-5-20(13-32-25)18(3)37-9-7-29(8-10-37)15-39-16-29/h3*5-6,11-14,17-18H,7-10,15-16H2,1-4H3,(H,32,33,35,36)/t2*18-;/m10./s1. The number of ether oxygens (including phenoxy) is 3. The molecule has 3 atom stereocenters. The molecule has 0 aliphatic carbocycles. The van der Waals surface area contributed by atoms with Crippen molar-refractivity contribution in [2.75, 3.05) is 94.9 Å². The predicted octanol–water partition coefficient (Wildman–Crippen LogP) is 17.9. The van der Waals surface area contributed by atoms with Gasteiger partial charge in [0.1, 0.15) is 68.6 Å².